The average Bonchev–Trinajstić information content (AvgIpc) is 2.85. The molecule has 0 bridgehead atoms. The fourth-order valence-electron chi connectivity index (χ4n) is 1.76. The quantitative estimate of drug-likeness (QED) is 0.845. The Bertz CT molecular complexity index is 451. The molecule has 1 unspecified atom stereocenters. The van der Waals surface area contributed by atoms with E-state index in [2.05, 4.69) is 34.2 Å². The number of aryl methyl sites for hydroxylation is 1. The number of hydrogen-bond acceptors (Lipinski definition) is 4. The summed E-state index contributed by atoms with van der Waals surface area (Å²) in [5.41, 5.74) is 2.04. The van der Waals surface area contributed by atoms with E-state index in [-0.39, 0.29) is 6.04 Å². The Morgan fingerprint density at radius 1 is 1.29 bits per heavy atom. The van der Waals surface area contributed by atoms with Crippen LogP contribution in [0.5, 0.6) is 0 Å². The highest BCUT2D eigenvalue weighted by atomic mass is 15.3. The molecule has 2 aromatic heterocycles. The van der Waals surface area contributed by atoms with Gasteiger partial charge < -0.3 is 5.32 Å². The van der Waals surface area contributed by atoms with Crippen molar-refractivity contribution in [2.24, 2.45) is 0 Å². The van der Waals surface area contributed by atoms with Crippen molar-refractivity contribution < 1.29 is 0 Å². The Hall–Kier alpha value is -1.75. The van der Waals surface area contributed by atoms with Gasteiger partial charge in [0, 0.05) is 30.7 Å². The topological polar surface area (TPSA) is 55.6 Å². The zero-order valence-electron chi connectivity index (χ0n) is 10.2. The maximum atomic E-state index is 4.35. The zero-order chi connectivity index (χ0) is 12.1. The van der Waals surface area contributed by atoms with Gasteiger partial charge in [0.05, 0.1) is 24.1 Å². The summed E-state index contributed by atoms with van der Waals surface area (Å²) in [5.74, 6) is 0. The normalized spacial score (nSPS) is 12.6. The van der Waals surface area contributed by atoms with Crippen molar-refractivity contribution in [3.63, 3.8) is 0 Å². The summed E-state index contributed by atoms with van der Waals surface area (Å²) in [4.78, 5) is 8.46. The lowest BCUT2D eigenvalue weighted by molar-refractivity contribution is 0.609. The van der Waals surface area contributed by atoms with Crippen molar-refractivity contribution in [2.45, 2.75) is 26.4 Å². The molecule has 0 saturated heterocycles. The lowest BCUT2D eigenvalue weighted by Crippen LogP contribution is -2.22. The summed E-state index contributed by atoms with van der Waals surface area (Å²) in [7, 11) is 0. The Labute approximate surface area is 101 Å². The van der Waals surface area contributed by atoms with Crippen molar-refractivity contribution in [3.05, 3.63) is 42.2 Å². The first-order chi connectivity index (χ1) is 8.35. The fourth-order valence-corrected chi connectivity index (χ4v) is 1.76. The van der Waals surface area contributed by atoms with Gasteiger partial charge >= 0.3 is 0 Å². The predicted molar refractivity (Wildman–Crippen MR) is 65.5 cm³/mol. The SMILES string of the molecule is CCNC(c1cnn(CC)c1)c1cnccn1. The third-order valence-electron chi connectivity index (χ3n) is 2.60. The standard InChI is InChI=1S/C12H17N5/c1-3-14-12(11-8-13-5-6-15-11)10-7-16-17(4-2)9-10/h5-9,12,14H,3-4H2,1-2H3. The molecular formula is C12H17N5. The molecule has 0 aliphatic carbocycles. The van der Waals surface area contributed by atoms with Crippen LogP contribution in [0, 0.1) is 0 Å². The molecule has 2 rings (SSSR count). The average molecular weight is 231 g/mol. The van der Waals surface area contributed by atoms with Crippen LogP contribution in [0.1, 0.15) is 31.1 Å². The molecule has 17 heavy (non-hydrogen) atoms. The van der Waals surface area contributed by atoms with Crippen LogP contribution in [0.15, 0.2) is 31.0 Å². The van der Waals surface area contributed by atoms with E-state index in [0.717, 1.165) is 24.3 Å². The second kappa shape index (κ2) is 5.54. The summed E-state index contributed by atoms with van der Waals surface area (Å²) in [5, 5.41) is 7.69. The Balaban J connectivity index is 2.28. The molecule has 0 aromatic carbocycles. The molecule has 5 nitrogen and oxygen atoms in total. The summed E-state index contributed by atoms with van der Waals surface area (Å²) in [6.07, 6.45) is 9.11. The van der Waals surface area contributed by atoms with Gasteiger partial charge in [-0.25, -0.2) is 0 Å². The molecule has 0 aliphatic rings. The van der Waals surface area contributed by atoms with E-state index in [0.29, 0.717) is 0 Å². The smallest absolute Gasteiger partial charge is 0.0802 e. The molecular weight excluding hydrogens is 214 g/mol. The fraction of sp³-hybridized carbons (Fsp3) is 0.417. The molecule has 0 aliphatic heterocycles. The van der Waals surface area contributed by atoms with E-state index in [1.165, 1.54) is 0 Å². The van der Waals surface area contributed by atoms with Crippen LogP contribution in [0.4, 0.5) is 0 Å². The van der Waals surface area contributed by atoms with Crippen molar-refractivity contribution in [2.75, 3.05) is 6.54 Å². The maximum Gasteiger partial charge on any atom is 0.0802 e. The van der Waals surface area contributed by atoms with Crippen molar-refractivity contribution in [3.8, 4) is 0 Å². The summed E-state index contributed by atoms with van der Waals surface area (Å²) in [6, 6.07) is 0.0639. The molecule has 1 N–H and O–H groups in total. The molecule has 5 heteroatoms. The van der Waals surface area contributed by atoms with Gasteiger partial charge in [-0.1, -0.05) is 6.92 Å². The largest absolute Gasteiger partial charge is 0.305 e. The first kappa shape index (κ1) is 11.7. The highest BCUT2D eigenvalue weighted by molar-refractivity contribution is 5.21. The van der Waals surface area contributed by atoms with Crippen molar-refractivity contribution in [1.82, 2.24) is 25.1 Å². The van der Waals surface area contributed by atoms with Crippen LogP contribution < -0.4 is 5.32 Å². The van der Waals surface area contributed by atoms with Gasteiger partial charge in [-0.05, 0) is 13.5 Å². The van der Waals surface area contributed by atoms with Gasteiger partial charge in [0.15, 0.2) is 0 Å². The third-order valence-corrected chi connectivity index (χ3v) is 2.60. The summed E-state index contributed by atoms with van der Waals surface area (Å²) >= 11 is 0. The maximum absolute atomic E-state index is 4.35. The number of nitrogens with one attached hydrogen (secondary N) is 1. The third kappa shape index (κ3) is 2.68. The second-order valence-corrected chi connectivity index (χ2v) is 3.75. The molecule has 2 aromatic rings. The summed E-state index contributed by atoms with van der Waals surface area (Å²) < 4.78 is 1.91. The molecule has 90 valence electrons. The molecule has 2 heterocycles. The van der Waals surface area contributed by atoms with Gasteiger partial charge in [0.25, 0.3) is 0 Å². The van der Waals surface area contributed by atoms with E-state index in [1.54, 1.807) is 18.6 Å². The highest BCUT2D eigenvalue weighted by Crippen LogP contribution is 2.18. The lowest BCUT2D eigenvalue weighted by atomic mass is 10.1. The number of aromatic nitrogens is 4. The first-order valence-corrected chi connectivity index (χ1v) is 5.86. The van der Waals surface area contributed by atoms with Gasteiger partial charge in [0.1, 0.15) is 0 Å². The minimum absolute atomic E-state index is 0.0639. The van der Waals surface area contributed by atoms with E-state index < -0.39 is 0 Å². The number of rotatable bonds is 5. The van der Waals surface area contributed by atoms with E-state index in [9.17, 15) is 0 Å². The Morgan fingerprint density at radius 2 is 2.18 bits per heavy atom. The van der Waals surface area contributed by atoms with Crippen LogP contribution in [0.2, 0.25) is 0 Å². The minimum atomic E-state index is 0.0639. The van der Waals surface area contributed by atoms with Gasteiger partial charge in [-0.15, -0.1) is 0 Å². The van der Waals surface area contributed by atoms with Crippen LogP contribution in [0.3, 0.4) is 0 Å². The highest BCUT2D eigenvalue weighted by Gasteiger charge is 2.15. The van der Waals surface area contributed by atoms with Crippen LogP contribution in [0.25, 0.3) is 0 Å². The van der Waals surface area contributed by atoms with Crippen molar-refractivity contribution >= 4 is 0 Å². The minimum Gasteiger partial charge on any atom is -0.305 e. The van der Waals surface area contributed by atoms with Crippen LogP contribution in [-0.2, 0) is 6.54 Å². The Kier molecular flexibility index (Phi) is 3.82. The molecule has 0 amide bonds. The van der Waals surface area contributed by atoms with Crippen LogP contribution in [-0.4, -0.2) is 26.3 Å². The molecule has 1 atom stereocenters. The zero-order valence-corrected chi connectivity index (χ0v) is 10.2. The molecule has 0 fully saturated rings. The monoisotopic (exact) mass is 231 g/mol. The van der Waals surface area contributed by atoms with Gasteiger partial charge in [0.2, 0.25) is 0 Å². The van der Waals surface area contributed by atoms with E-state index in [4.69, 9.17) is 0 Å². The number of hydrogen-bond donors (Lipinski definition) is 1. The van der Waals surface area contributed by atoms with E-state index >= 15 is 0 Å². The molecule has 0 saturated carbocycles. The van der Waals surface area contributed by atoms with Crippen LogP contribution >= 0.6 is 0 Å². The van der Waals surface area contributed by atoms with Gasteiger partial charge in [-0.2, -0.15) is 5.10 Å². The predicted octanol–water partition coefficient (Wildman–Crippen LogP) is 1.39. The van der Waals surface area contributed by atoms with Gasteiger partial charge in [-0.3, -0.25) is 14.6 Å². The number of nitrogens with zero attached hydrogens (tertiary/aromatic N) is 4. The lowest BCUT2D eigenvalue weighted by Gasteiger charge is -2.14. The Morgan fingerprint density at radius 3 is 2.76 bits per heavy atom. The molecule has 0 spiro atoms. The van der Waals surface area contributed by atoms with E-state index in [1.807, 2.05) is 17.1 Å². The summed E-state index contributed by atoms with van der Waals surface area (Å²) in [6.45, 7) is 5.90. The second-order valence-electron chi connectivity index (χ2n) is 3.75. The van der Waals surface area contributed by atoms with Crippen molar-refractivity contribution in [1.29, 1.82) is 0 Å². The first-order valence-electron chi connectivity index (χ1n) is 5.86. The molecule has 0 radical (unpaired) electrons.